The SMILES string of the molecule is COc1ccc(C#N)cc1-c1c[nH]c2ncnc(N3CCCC(C)C3)c12. The first-order valence-electron chi connectivity index (χ1n) is 8.86. The number of H-pyrrole nitrogens is 1. The predicted molar refractivity (Wildman–Crippen MR) is 101 cm³/mol. The fraction of sp³-hybridized carbons (Fsp3) is 0.350. The molecule has 0 bridgehead atoms. The summed E-state index contributed by atoms with van der Waals surface area (Å²) in [5.74, 6) is 2.32. The van der Waals surface area contributed by atoms with E-state index in [9.17, 15) is 5.26 Å². The molecule has 2 aromatic heterocycles. The zero-order valence-electron chi connectivity index (χ0n) is 15.0. The summed E-state index contributed by atoms with van der Waals surface area (Å²) < 4.78 is 5.54. The van der Waals surface area contributed by atoms with Gasteiger partial charge in [-0.15, -0.1) is 0 Å². The molecule has 1 atom stereocenters. The maximum absolute atomic E-state index is 9.29. The number of nitrogens with one attached hydrogen (secondary N) is 1. The van der Waals surface area contributed by atoms with E-state index < -0.39 is 0 Å². The van der Waals surface area contributed by atoms with Crippen molar-refractivity contribution in [3.05, 3.63) is 36.3 Å². The van der Waals surface area contributed by atoms with E-state index in [1.165, 1.54) is 12.8 Å². The number of rotatable bonds is 3. The first kappa shape index (κ1) is 16.4. The third-order valence-electron chi connectivity index (χ3n) is 5.03. The van der Waals surface area contributed by atoms with Crippen molar-refractivity contribution in [1.82, 2.24) is 15.0 Å². The van der Waals surface area contributed by atoms with E-state index in [-0.39, 0.29) is 0 Å². The number of aromatic nitrogens is 3. The molecule has 1 N–H and O–H groups in total. The molecule has 1 aliphatic heterocycles. The van der Waals surface area contributed by atoms with Gasteiger partial charge in [-0.05, 0) is 37.0 Å². The number of hydrogen-bond donors (Lipinski definition) is 1. The highest BCUT2D eigenvalue weighted by Gasteiger charge is 2.23. The molecule has 0 saturated carbocycles. The van der Waals surface area contributed by atoms with Crippen LogP contribution in [0, 0.1) is 17.2 Å². The molecule has 1 fully saturated rings. The van der Waals surface area contributed by atoms with Crippen molar-refractivity contribution >= 4 is 16.9 Å². The molecule has 1 saturated heterocycles. The number of benzene rings is 1. The van der Waals surface area contributed by atoms with Crippen LogP contribution in [0.4, 0.5) is 5.82 Å². The molecule has 6 heteroatoms. The molecule has 3 aromatic rings. The first-order chi connectivity index (χ1) is 12.7. The smallest absolute Gasteiger partial charge is 0.143 e. The second-order valence-electron chi connectivity index (χ2n) is 6.84. The highest BCUT2D eigenvalue weighted by molar-refractivity contribution is 6.02. The normalized spacial score (nSPS) is 17.3. The molecule has 3 heterocycles. The minimum atomic E-state index is 0.597. The van der Waals surface area contributed by atoms with Crippen LogP contribution in [0.1, 0.15) is 25.3 Å². The molecule has 26 heavy (non-hydrogen) atoms. The van der Waals surface area contributed by atoms with Gasteiger partial charge in [0.15, 0.2) is 0 Å². The van der Waals surface area contributed by atoms with E-state index in [0.717, 1.165) is 46.8 Å². The second-order valence-corrected chi connectivity index (χ2v) is 6.84. The molecule has 4 rings (SSSR count). The summed E-state index contributed by atoms with van der Waals surface area (Å²) in [5, 5.41) is 10.3. The van der Waals surface area contributed by atoms with Gasteiger partial charge in [0.2, 0.25) is 0 Å². The van der Waals surface area contributed by atoms with Crippen molar-refractivity contribution < 1.29 is 4.74 Å². The van der Waals surface area contributed by atoms with Crippen LogP contribution in [0.5, 0.6) is 5.75 Å². The summed E-state index contributed by atoms with van der Waals surface area (Å²) in [5.41, 5.74) is 3.23. The van der Waals surface area contributed by atoms with Crippen molar-refractivity contribution in [2.45, 2.75) is 19.8 Å². The Labute approximate surface area is 152 Å². The second kappa shape index (κ2) is 6.68. The summed E-state index contributed by atoms with van der Waals surface area (Å²) in [6.45, 7) is 4.27. The fourth-order valence-electron chi connectivity index (χ4n) is 3.77. The number of nitrogens with zero attached hydrogens (tertiary/aromatic N) is 4. The molecule has 1 aromatic carbocycles. The van der Waals surface area contributed by atoms with E-state index >= 15 is 0 Å². The molecular weight excluding hydrogens is 326 g/mol. The third-order valence-corrected chi connectivity index (χ3v) is 5.03. The quantitative estimate of drug-likeness (QED) is 0.781. The third kappa shape index (κ3) is 2.76. The Morgan fingerprint density at radius 3 is 2.96 bits per heavy atom. The van der Waals surface area contributed by atoms with E-state index in [4.69, 9.17) is 4.74 Å². The molecule has 0 spiro atoms. The van der Waals surface area contributed by atoms with Crippen LogP contribution in [0.3, 0.4) is 0 Å². The van der Waals surface area contributed by atoms with Gasteiger partial charge in [0.1, 0.15) is 23.5 Å². The number of nitriles is 1. The largest absolute Gasteiger partial charge is 0.496 e. The van der Waals surface area contributed by atoms with Crippen molar-refractivity contribution in [2.24, 2.45) is 5.92 Å². The molecule has 1 unspecified atom stereocenters. The number of fused-ring (bicyclic) bond motifs is 1. The fourth-order valence-corrected chi connectivity index (χ4v) is 3.77. The zero-order valence-corrected chi connectivity index (χ0v) is 15.0. The molecule has 6 nitrogen and oxygen atoms in total. The number of aromatic amines is 1. The number of ether oxygens (including phenoxy) is 1. The van der Waals surface area contributed by atoms with Gasteiger partial charge in [0.25, 0.3) is 0 Å². The predicted octanol–water partition coefficient (Wildman–Crippen LogP) is 3.74. The number of hydrogen-bond acceptors (Lipinski definition) is 5. The van der Waals surface area contributed by atoms with Crippen LogP contribution in [-0.2, 0) is 0 Å². The molecular formula is C20H21N5O. The molecule has 132 valence electrons. The maximum Gasteiger partial charge on any atom is 0.143 e. The number of anilines is 1. The molecule has 0 amide bonds. The Balaban J connectivity index is 1.91. The molecule has 0 radical (unpaired) electrons. The average molecular weight is 347 g/mol. The Hall–Kier alpha value is -3.07. The minimum absolute atomic E-state index is 0.597. The lowest BCUT2D eigenvalue weighted by atomic mass is 9.99. The average Bonchev–Trinajstić information content (AvgIpc) is 3.11. The lowest BCUT2D eigenvalue weighted by Gasteiger charge is -2.32. The van der Waals surface area contributed by atoms with Crippen LogP contribution in [0.2, 0.25) is 0 Å². The first-order valence-corrected chi connectivity index (χ1v) is 8.86. The van der Waals surface area contributed by atoms with Crippen LogP contribution in [0.25, 0.3) is 22.2 Å². The van der Waals surface area contributed by atoms with Gasteiger partial charge in [-0.3, -0.25) is 0 Å². The Morgan fingerprint density at radius 1 is 1.31 bits per heavy atom. The lowest BCUT2D eigenvalue weighted by molar-refractivity contribution is 0.416. The lowest BCUT2D eigenvalue weighted by Crippen LogP contribution is -2.35. The number of methoxy groups -OCH3 is 1. The van der Waals surface area contributed by atoms with E-state index in [1.54, 1.807) is 19.5 Å². The molecule has 1 aliphatic rings. The summed E-state index contributed by atoms with van der Waals surface area (Å²) in [6.07, 6.45) is 5.96. The monoisotopic (exact) mass is 347 g/mol. The van der Waals surface area contributed by atoms with Crippen LogP contribution in [-0.4, -0.2) is 35.2 Å². The van der Waals surface area contributed by atoms with E-state index in [0.29, 0.717) is 11.5 Å². The van der Waals surface area contributed by atoms with Gasteiger partial charge in [0, 0.05) is 30.4 Å². The van der Waals surface area contributed by atoms with Gasteiger partial charge < -0.3 is 14.6 Å². The van der Waals surface area contributed by atoms with Crippen LogP contribution < -0.4 is 9.64 Å². The van der Waals surface area contributed by atoms with E-state index in [1.807, 2.05) is 18.3 Å². The van der Waals surface area contributed by atoms with Crippen molar-refractivity contribution in [1.29, 1.82) is 5.26 Å². The zero-order chi connectivity index (χ0) is 18.1. The number of piperidine rings is 1. The van der Waals surface area contributed by atoms with Crippen molar-refractivity contribution in [2.75, 3.05) is 25.1 Å². The van der Waals surface area contributed by atoms with Gasteiger partial charge in [-0.1, -0.05) is 6.92 Å². The van der Waals surface area contributed by atoms with Gasteiger partial charge >= 0.3 is 0 Å². The minimum Gasteiger partial charge on any atom is -0.496 e. The van der Waals surface area contributed by atoms with E-state index in [2.05, 4.69) is 32.8 Å². The van der Waals surface area contributed by atoms with Gasteiger partial charge in [0.05, 0.1) is 24.1 Å². The summed E-state index contributed by atoms with van der Waals surface area (Å²) in [6, 6.07) is 7.66. The van der Waals surface area contributed by atoms with Gasteiger partial charge in [-0.25, -0.2) is 9.97 Å². The van der Waals surface area contributed by atoms with Crippen molar-refractivity contribution in [3.8, 4) is 22.9 Å². The van der Waals surface area contributed by atoms with Crippen LogP contribution in [0.15, 0.2) is 30.7 Å². The standard InChI is InChI=1S/C20H21N5O/c1-13-4-3-7-25(11-13)20-18-16(10-22-19(18)23-12-24-20)15-8-14(9-21)5-6-17(15)26-2/h5-6,8,10,12-13H,3-4,7,11H2,1-2H3,(H,22,23,24). The highest BCUT2D eigenvalue weighted by Crippen LogP contribution is 2.39. The maximum atomic E-state index is 9.29. The van der Waals surface area contributed by atoms with Gasteiger partial charge in [-0.2, -0.15) is 5.26 Å². The Kier molecular flexibility index (Phi) is 4.21. The summed E-state index contributed by atoms with van der Waals surface area (Å²) in [4.78, 5) is 14.6. The van der Waals surface area contributed by atoms with Crippen molar-refractivity contribution in [3.63, 3.8) is 0 Å². The molecule has 0 aliphatic carbocycles. The van der Waals surface area contributed by atoms with Crippen LogP contribution >= 0.6 is 0 Å². The summed E-state index contributed by atoms with van der Waals surface area (Å²) in [7, 11) is 1.64. The Morgan fingerprint density at radius 2 is 2.19 bits per heavy atom. The summed E-state index contributed by atoms with van der Waals surface area (Å²) >= 11 is 0. The highest BCUT2D eigenvalue weighted by atomic mass is 16.5. The Bertz CT molecular complexity index is 988. The topological polar surface area (TPSA) is 77.8 Å².